The van der Waals surface area contributed by atoms with Gasteiger partial charge in [0.05, 0.1) is 12.0 Å². The average molecular weight is 256 g/mol. The lowest BCUT2D eigenvalue weighted by atomic mass is 10.1. The minimum atomic E-state index is -4.43. The summed E-state index contributed by atoms with van der Waals surface area (Å²) in [6.45, 7) is 0. The summed E-state index contributed by atoms with van der Waals surface area (Å²) in [6.07, 6.45) is -3.92. The normalized spacial score (nSPS) is 11.5. The number of hydrogen-bond acceptors (Lipinski definition) is 4. The summed E-state index contributed by atoms with van der Waals surface area (Å²) in [5.74, 6) is 0.0929. The molecule has 0 fully saturated rings. The minimum absolute atomic E-state index is 0.0259. The number of benzene rings is 1. The van der Waals surface area contributed by atoms with Crippen LogP contribution in [-0.2, 0) is 17.4 Å². The predicted molar refractivity (Wildman–Crippen MR) is 54.5 cm³/mol. The fourth-order valence-electron chi connectivity index (χ4n) is 1.36. The maximum atomic E-state index is 12.5. The minimum Gasteiger partial charge on any atom is -0.339 e. The number of alkyl halides is 3. The number of halogens is 3. The summed E-state index contributed by atoms with van der Waals surface area (Å²) >= 11 is 0. The van der Waals surface area contributed by atoms with Gasteiger partial charge in [-0.15, -0.1) is 0 Å². The molecule has 0 aliphatic heterocycles. The average Bonchev–Trinajstić information content (AvgIpc) is 2.77. The molecule has 0 amide bonds. The third-order valence-corrected chi connectivity index (χ3v) is 2.17. The molecule has 0 bridgehead atoms. The molecule has 0 saturated carbocycles. The molecule has 4 nitrogen and oxygen atoms in total. The Labute approximate surface area is 99.4 Å². The number of aromatic nitrogens is 2. The van der Waals surface area contributed by atoms with Crippen LogP contribution in [0.3, 0.4) is 0 Å². The molecule has 0 spiro atoms. The van der Waals surface area contributed by atoms with Crippen LogP contribution in [0.5, 0.6) is 0 Å². The van der Waals surface area contributed by atoms with Crippen molar-refractivity contribution in [3.05, 3.63) is 35.7 Å². The fraction of sp³-hybridized carbons (Fsp3) is 0.182. The van der Waals surface area contributed by atoms with Crippen LogP contribution in [0.25, 0.3) is 11.4 Å². The molecule has 1 aromatic carbocycles. The van der Waals surface area contributed by atoms with E-state index in [2.05, 4.69) is 10.1 Å². The summed E-state index contributed by atoms with van der Waals surface area (Å²) in [6, 6.07) is 4.57. The first-order valence-electron chi connectivity index (χ1n) is 4.94. The molecule has 18 heavy (non-hydrogen) atoms. The first-order valence-corrected chi connectivity index (χ1v) is 4.94. The Balaban J connectivity index is 2.35. The lowest BCUT2D eigenvalue weighted by Gasteiger charge is -2.06. The quantitative estimate of drug-likeness (QED) is 0.792. The van der Waals surface area contributed by atoms with Gasteiger partial charge in [-0.05, 0) is 12.1 Å². The highest BCUT2D eigenvalue weighted by Crippen LogP contribution is 2.31. The van der Waals surface area contributed by atoms with Gasteiger partial charge >= 0.3 is 6.18 Å². The zero-order valence-corrected chi connectivity index (χ0v) is 8.94. The number of rotatable bonds is 3. The second-order valence-electron chi connectivity index (χ2n) is 3.46. The number of hydrogen-bond donors (Lipinski definition) is 0. The summed E-state index contributed by atoms with van der Waals surface area (Å²) in [5, 5.41) is 3.52. The van der Waals surface area contributed by atoms with Gasteiger partial charge < -0.3 is 9.32 Å². The van der Waals surface area contributed by atoms with Gasteiger partial charge in [0.15, 0.2) is 0 Å². The molecule has 0 N–H and O–H groups in total. The van der Waals surface area contributed by atoms with Gasteiger partial charge in [0.25, 0.3) is 0 Å². The molecule has 1 heterocycles. The van der Waals surface area contributed by atoms with Crippen LogP contribution in [0.2, 0.25) is 0 Å². The van der Waals surface area contributed by atoms with E-state index in [0.29, 0.717) is 6.29 Å². The summed E-state index contributed by atoms with van der Waals surface area (Å²) in [7, 11) is 0. The highest BCUT2D eigenvalue weighted by Gasteiger charge is 2.30. The molecule has 0 atom stereocenters. The highest BCUT2D eigenvalue weighted by molar-refractivity contribution is 5.57. The van der Waals surface area contributed by atoms with Crippen molar-refractivity contribution in [1.82, 2.24) is 10.1 Å². The standard InChI is InChI=1S/C11H7F3N2O2/c12-11(13,14)8-3-1-2-7(6-8)10-15-9(4-5-17)18-16-10/h1-3,5-6H,4H2. The SMILES string of the molecule is O=CCc1nc(-c2cccc(C(F)(F)F)c2)no1. The molecule has 0 unspecified atom stereocenters. The molecule has 2 rings (SSSR count). The molecule has 2 aromatic rings. The third kappa shape index (κ3) is 2.55. The summed E-state index contributed by atoms with van der Waals surface area (Å²) < 4.78 is 42.2. The van der Waals surface area contributed by atoms with E-state index in [1.54, 1.807) is 0 Å². The van der Waals surface area contributed by atoms with Crippen LogP contribution in [0.4, 0.5) is 13.2 Å². The Morgan fingerprint density at radius 2 is 2.11 bits per heavy atom. The second kappa shape index (κ2) is 4.59. The molecule has 0 radical (unpaired) electrons. The van der Waals surface area contributed by atoms with E-state index < -0.39 is 11.7 Å². The Hall–Kier alpha value is -2.18. The van der Waals surface area contributed by atoms with E-state index in [4.69, 9.17) is 4.52 Å². The van der Waals surface area contributed by atoms with Crippen LogP contribution >= 0.6 is 0 Å². The molecule has 1 aromatic heterocycles. The van der Waals surface area contributed by atoms with Crippen molar-refractivity contribution < 1.29 is 22.5 Å². The number of carbonyl (C=O) groups excluding carboxylic acids is 1. The molecule has 94 valence electrons. The summed E-state index contributed by atoms with van der Waals surface area (Å²) in [4.78, 5) is 14.0. The maximum absolute atomic E-state index is 12.5. The molecule has 0 saturated heterocycles. The van der Waals surface area contributed by atoms with E-state index in [0.717, 1.165) is 12.1 Å². The monoisotopic (exact) mass is 256 g/mol. The fourth-order valence-corrected chi connectivity index (χ4v) is 1.36. The van der Waals surface area contributed by atoms with Crippen molar-refractivity contribution in [3.63, 3.8) is 0 Å². The lowest BCUT2D eigenvalue weighted by Crippen LogP contribution is -2.04. The van der Waals surface area contributed by atoms with E-state index in [1.165, 1.54) is 12.1 Å². The van der Waals surface area contributed by atoms with Crippen LogP contribution in [0, 0.1) is 0 Å². The zero-order valence-electron chi connectivity index (χ0n) is 8.94. The van der Waals surface area contributed by atoms with Crippen molar-refractivity contribution in [1.29, 1.82) is 0 Å². The Morgan fingerprint density at radius 1 is 1.33 bits per heavy atom. The van der Waals surface area contributed by atoms with Crippen molar-refractivity contribution >= 4 is 6.29 Å². The van der Waals surface area contributed by atoms with Gasteiger partial charge in [0.2, 0.25) is 11.7 Å². The topological polar surface area (TPSA) is 56.0 Å². The van der Waals surface area contributed by atoms with Crippen molar-refractivity contribution in [2.45, 2.75) is 12.6 Å². The Kier molecular flexibility index (Phi) is 3.14. The van der Waals surface area contributed by atoms with Gasteiger partial charge in [0, 0.05) is 5.56 Å². The van der Waals surface area contributed by atoms with Gasteiger partial charge in [-0.1, -0.05) is 17.3 Å². The molecule has 0 aliphatic carbocycles. The van der Waals surface area contributed by atoms with Gasteiger partial charge in [-0.3, -0.25) is 0 Å². The molecule has 0 aliphatic rings. The Morgan fingerprint density at radius 3 is 2.78 bits per heavy atom. The third-order valence-electron chi connectivity index (χ3n) is 2.17. The zero-order chi connectivity index (χ0) is 13.2. The number of carbonyl (C=O) groups is 1. The first-order chi connectivity index (χ1) is 8.50. The number of nitrogens with zero attached hydrogens (tertiary/aromatic N) is 2. The van der Waals surface area contributed by atoms with E-state index >= 15 is 0 Å². The van der Waals surface area contributed by atoms with Crippen molar-refractivity contribution in [2.75, 3.05) is 0 Å². The van der Waals surface area contributed by atoms with E-state index in [-0.39, 0.29) is 23.7 Å². The highest BCUT2D eigenvalue weighted by atomic mass is 19.4. The molecular formula is C11H7F3N2O2. The first kappa shape index (κ1) is 12.3. The second-order valence-corrected chi connectivity index (χ2v) is 3.46. The smallest absolute Gasteiger partial charge is 0.339 e. The van der Waals surface area contributed by atoms with Crippen LogP contribution < -0.4 is 0 Å². The van der Waals surface area contributed by atoms with Crippen LogP contribution in [0.15, 0.2) is 28.8 Å². The van der Waals surface area contributed by atoms with Crippen LogP contribution in [0.1, 0.15) is 11.5 Å². The number of aldehydes is 1. The van der Waals surface area contributed by atoms with Gasteiger partial charge in [-0.25, -0.2) is 0 Å². The van der Waals surface area contributed by atoms with E-state index in [9.17, 15) is 18.0 Å². The predicted octanol–water partition coefficient (Wildman–Crippen LogP) is 2.50. The Bertz CT molecular complexity index is 563. The van der Waals surface area contributed by atoms with Gasteiger partial charge in [0.1, 0.15) is 6.29 Å². The molecular weight excluding hydrogens is 249 g/mol. The maximum Gasteiger partial charge on any atom is 0.416 e. The summed E-state index contributed by atoms with van der Waals surface area (Å²) in [5.41, 5.74) is -0.604. The molecule has 7 heteroatoms. The van der Waals surface area contributed by atoms with Crippen LogP contribution in [-0.4, -0.2) is 16.4 Å². The van der Waals surface area contributed by atoms with Gasteiger partial charge in [-0.2, -0.15) is 18.2 Å². The van der Waals surface area contributed by atoms with Crippen molar-refractivity contribution in [3.8, 4) is 11.4 Å². The van der Waals surface area contributed by atoms with E-state index in [1.807, 2.05) is 0 Å². The lowest BCUT2D eigenvalue weighted by molar-refractivity contribution is -0.137. The largest absolute Gasteiger partial charge is 0.416 e. The van der Waals surface area contributed by atoms with Crippen molar-refractivity contribution in [2.24, 2.45) is 0 Å².